The van der Waals surface area contributed by atoms with Gasteiger partial charge in [0.25, 0.3) is 5.56 Å². The second-order valence-electron chi connectivity index (χ2n) is 7.82. The molecular formula is C23H23BrN4O4S. The molecule has 3 aromatic heterocycles. The van der Waals surface area contributed by atoms with Crippen LogP contribution < -0.4 is 11.0 Å². The molecule has 8 nitrogen and oxygen atoms in total. The molecule has 172 valence electrons. The molecule has 1 N–H and O–H groups in total. The molecule has 0 radical (unpaired) electrons. The van der Waals surface area contributed by atoms with Gasteiger partial charge in [0, 0.05) is 23.8 Å². The van der Waals surface area contributed by atoms with Crippen LogP contribution in [0.1, 0.15) is 20.3 Å². The molecule has 4 rings (SSSR count). The lowest BCUT2D eigenvalue weighted by atomic mass is 10.3. The fourth-order valence-electron chi connectivity index (χ4n) is 3.57. The third kappa shape index (κ3) is 4.50. The van der Waals surface area contributed by atoms with Crippen LogP contribution in [0.5, 0.6) is 0 Å². The molecule has 4 aromatic rings. The number of aryl methyl sites for hydroxylation is 1. The van der Waals surface area contributed by atoms with E-state index >= 15 is 0 Å². The van der Waals surface area contributed by atoms with Gasteiger partial charge in [0.15, 0.2) is 0 Å². The summed E-state index contributed by atoms with van der Waals surface area (Å²) >= 11 is 3.30. The first-order valence-corrected chi connectivity index (χ1v) is 12.7. The van der Waals surface area contributed by atoms with Gasteiger partial charge in [0.2, 0.25) is 9.84 Å². The number of nitrogens with zero attached hydrogens (tertiary/aromatic N) is 3. The van der Waals surface area contributed by atoms with Gasteiger partial charge in [0.05, 0.1) is 16.4 Å². The summed E-state index contributed by atoms with van der Waals surface area (Å²) < 4.78 is 36.1. The number of benzene rings is 1. The van der Waals surface area contributed by atoms with E-state index in [1.807, 2.05) is 13.8 Å². The van der Waals surface area contributed by atoms with Crippen molar-refractivity contribution in [1.82, 2.24) is 14.0 Å². The first-order valence-electron chi connectivity index (χ1n) is 10.4. The van der Waals surface area contributed by atoms with Crippen molar-refractivity contribution in [2.75, 3.05) is 6.61 Å². The number of ether oxygens (including phenoxy) is 1. The zero-order valence-corrected chi connectivity index (χ0v) is 20.6. The van der Waals surface area contributed by atoms with Crippen LogP contribution in [0.25, 0.3) is 16.7 Å². The summed E-state index contributed by atoms with van der Waals surface area (Å²) in [5.74, 6) is 0. The van der Waals surface area contributed by atoms with Crippen LogP contribution >= 0.6 is 15.9 Å². The molecule has 0 saturated heterocycles. The smallest absolute Gasteiger partial charge is 0.267 e. The Morgan fingerprint density at radius 2 is 1.88 bits per heavy atom. The second-order valence-corrected chi connectivity index (χ2v) is 10.7. The van der Waals surface area contributed by atoms with Crippen LogP contribution in [0.2, 0.25) is 0 Å². The van der Waals surface area contributed by atoms with Crippen molar-refractivity contribution in [3.05, 3.63) is 75.0 Å². The highest BCUT2D eigenvalue weighted by atomic mass is 79.9. The molecule has 0 aliphatic rings. The summed E-state index contributed by atoms with van der Waals surface area (Å²) in [5.41, 5.74) is 0.0813. The Morgan fingerprint density at radius 3 is 2.58 bits per heavy atom. The van der Waals surface area contributed by atoms with Gasteiger partial charge in [-0.1, -0.05) is 22.0 Å². The van der Waals surface area contributed by atoms with Gasteiger partial charge in [-0.25, -0.2) is 13.4 Å². The summed E-state index contributed by atoms with van der Waals surface area (Å²) in [6.45, 7) is 4.57. The van der Waals surface area contributed by atoms with E-state index in [9.17, 15) is 13.2 Å². The number of nitrogens with one attached hydrogen (secondary N) is 1. The van der Waals surface area contributed by atoms with Crippen LogP contribution in [-0.4, -0.2) is 35.1 Å². The van der Waals surface area contributed by atoms with Crippen LogP contribution in [0, 0.1) is 5.41 Å². The number of sulfone groups is 1. The van der Waals surface area contributed by atoms with E-state index in [4.69, 9.17) is 10.1 Å². The lowest BCUT2D eigenvalue weighted by Crippen LogP contribution is -2.30. The fraction of sp³-hybridized carbons (Fsp3) is 0.261. The molecule has 0 amide bonds. The Bertz CT molecular complexity index is 1560. The highest BCUT2D eigenvalue weighted by Crippen LogP contribution is 2.22. The molecule has 0 atom stereocenters. The second kappa shape index (κ2) is 9.20. The highest BCUT2D eigenvalue weighted by molar-refractivity contribution is 9.10. The van der Waals surface area contributed by atoms with Crippen molar-refractivity contribution in [2.24, 2.45) is 0 Å². The summed E-state index contributed by atoms with van der Waals surface area (Å²) in [7, 11) is -4.05. The number of hydrogen-bond acceptors (Lipinski definition) is 6. The minimum atomic E-state index is -4.05. The Balaban J connectivity index is 1.97. The maximum atomic E-state index is 13.5. The highest BCUT2D eigenvalue weighted by Gasteiger charge is 2.24. The molecule has 0 fully saturated rings. The van der Waals surface area contributed by atoms with Crippen LogP contribution in [0.15, 0.2) is 73.8 Å². The molecular weight excluding hydrogens is 508 g/mol. The standard InChI is InChI=1S/C23H23BrN4O4S/c1-15(2)32-13-5-12-28-21(25)19(33(30,31)17-9-7-16(24)8-10-17)14-18-22(28)26-20-6-3-4-11-27(20)23(18)29/h3-4,6-11,14-15,25H,5,12-13H2,1-2H3. The lowest BCUT2D eigenvalue weighted by Gasteiger charge is -2.15. The van der Waals surface area contributed by atoms with Gasteiger partial charge in [-0.05, 0) is 62.7 Å². The average Bonchev–Trinajstić information content (AvgIpc) is 2.78. The van der Waals surface area contributed by atoms with Crippen LogP contribution in [-0.2, 0) is 21.1 Å². The molecule has 0 aliphatic heterocycles. The maximum absolute atomic E-state index is 13.5. The number of aromatic nitrogens is 3. The van der Waals surface area contributed by atoms with E-state index in [2.05, 4.69) is 20.9 Å². The number of rotatable bonds is 7. The van der Waals surface area contributed by atoms with Crippen LogP contribution in [0.4, 0.5) is 0 Å². The van der Waals surface area contributed by atoms with E-state index in [-0.39, 0.29) is 39.0 Å². The van der Waals surface area contributed by atoms with E-state index in [1.165, 1.54) is 27.2 Å². The van der Waals surface area contributed by atoms with Crippen LogP contribution in [0.3, 0.4) is 0 Å². The first-order chi connectivity index (χ1) is 15.7. The minimum absolute atomic E-state index is 0.0436. The van der Waals surface area contributed by atoms with Gasteiger partial charge in [-0.15, -0.1) is 0 Å². The molecule has 10 heteroatoms. The molecule has 1 aromatic carbocycles. The number of hydrogen-bond donors (Lipinski definition) is 1. The molecule has 0 unspecified atom stereocenters. The predicted octanol–water partition coefficient (Wildman–Crippen LogP) is 3.54. The topological polar surface area (TPSA) is 107 Å². The lowest BCUT2D eigenvalue weighted by molar-refractivity contribution is 0.0748. The van der Waals surface area contributed by atoms with Gasteiger partial charge in [-0.3, -0.25) is 14.6 Å². The zero-order chi connectivity index (χ0) is 23.8. The number of pyridine rings is 2. The number of fused-ring (bicyclic) bond motifs is 2. The average molecular weight is 531 g/mol. The minimum Gasteiger partial charge on any atom is -0.379 e. The fourth-order valence-corrected chi connectivity index (χ4v) is 5.22. The maximum Gasteiger partial charge on any atom is 0.267 e. The molecule has 0 aliphatic carbocycles. The molecule has 0 spiro atoms. The normalized spacial score (nSPS) is 12.1. The molecule has 3 heterocycles. The van der Waals surface area contributed by atoms with Gasteiger partial charge < -0.3 is 9.30 Å². The van der Waals surface area contributed by atoms with Crippen molar-refractivity contribution in [1.29, 1.82) is 5.41 Å². The van der Waals surface area contributed by atoms with Crippen molar-refractivity contribution in [3.63, 3.8) is 0 Å². The summed E-state index contributed by atoms with van der Waals surface area (Å²) in [6, 6.07) is 12.6. The Hall–Kier alpha value is -2.82. The number of halogens is 1. The van der Waals surface area contributed by atoms with Gasteiger partial charge in [-0.2, -0.15) is 0 Å². The van der Waals surface area contributed by atoms with Gasteiger partial charge in [0.1, 0.15) is 21.7 Å². The monoisotopic (exact) mass is 530 g/mol. The first kappa shape index (κ1) is 23.3. The van der Waals surface area contributed by atoms with Crippen molar-refractivity contribution in [3.8, 4) is 0 Å². The Labute approximate surface area is 199 Å². The third-order valence-corrected chi connectivity index (χ3v) is 7.49. The van der Waals surface area contributed by atoms with E-state index in [0.717, 1.165) is 4.47 Å². The molecule has 33 heavy (non-hydrogen) atoms. The van der Waals surface area contributed by atoms with Crippen molar-refractivity contribution < 1.29 is 13.2 Å². The van der Waals surface area contributed by atoms with E-state index in [1.54, 1.807) is 36.5 Å². The third-order valence-electron chi connectivity index (χ3n) is 5.17. The Morgan fingerprint density at radius 1 is 1.15 bits per heavy atom. The SMILES string of the molecule is CC(C)OCCCn1c(=N)c(S(=O)(=O)c2ccc(Br)cc2)cc2c(=O)n3ccccc3nc21. The molecule has 0 bridgehead atoms. The predicted molar refractivity (Wildman–Crippen MR) is 128 cm³/mol. The summed E-state index contributed by atoms with van der Waals surface area (Å²) in [4.78, 5) is 17.6. The molecule has 0 saturated carbocycles. The summed E-state index contributed by atoms with van der Waals surface area (Å²) in [5, 5.41) is 8.89. The van der Waals surface area contributed by atoms with E-state index < -0.39 is 15.4 Å². The van der Waals surface area contributed by atoms with Crippen molar-refractivity contribution >= 4 is 42.4 Å². The van der Waals surface area contributed by atoms with E-state index in [0.29, 0.717) is 18.7 Å². The quantitative estimate of drug-likeness (QED) is 0.290. The largest absolute Gasteiger partial charge is 0.379 e. The Kier molecular flexibility index (Phi) is 6.51. The van der Waals surface area contributed by atoms with Gasteiger partial charge >= 0.3 is 0 Å². The summed E-state index contributed by atoms with van der Waals surface area (Å²) in [6.07, 6.45) is 2.17. The van der Waals surface area contributed by atoms with Crippen molar-refractivity contribution in [2.45, 2.75) is 42.7 Å². The zero-order valence-electron chi connectivity index (χ0n) is 18.2.